The van der Waals surface area contributed by atoms with Gasteiger partial charge in [0.2, 0.25) is 0 Å². The van der Waals surface area contributed by atoms with Gasteiger partial charge in [0.25, 0.3) is 0 Å². The van der Waals surface area contributed by atoms with E-state index in [4.69, 9.17) is 23.2 Å². The normalized spacial score (nSPS) is 12.0. The first-order valence-corrected chi connectivity index (χ1v) is 8.12. The number of hydrogen-bond acceptors (Lipinski definition) is 3. The zero-order valence-corrected chi connectivity index (χ0v) is 15.1. The summed E-state index contributed by atoms with van der Waals surface area (Å²) in [5.41, 5.74) is -0.661. The Labute approximate surface area is 155 Å². The van der Waals surface area contributed by atoms with E-state index in [-0.39, 0.29) is 38.1 Å². The minimum atomic E-state index is -4.79. The van der Waals surface area contributed by atoms with E-state index in [1.165, 1.54) is 11.7 Å². The molecule has 0 bridgehead atoms. The van der Waals surface area contributed by atoms with Crippen LogP contribution in [0.1, 0.15) is 17.0 Å². The quantitative estimate of drug-likeness (QED) is 0.578. The van der Waals surface area contributed by atoms with Crippen LogP contribution in [-0.4, -0.2) is 21.8 Å². The fraction of sp³-hybridized carbons (Fsp3) is 0.250. The highest BCUT2D eigenvalue weighted by Crippen LogP contribution is 2.40. The van der Waals surface area contributed by atoms with Crippen molar-refractivity contribution in [1.82, 2.24) is 14.8 Å². The average molecular weight is 407 g/mol. The second kappa shape index (κ2) is 6.59. The highest BCUT2D eigenvalue weighted by Gasteiger charge is 2.38. The molecule has 10 heteroatoms. The van der Waals surface area contributed by atoms with Crippen molar-refractivity contribution in [2.45, 2.75) is 19.8 Å². The molecule has 0 aliphatic carbocycles. The molecule has 26 heavy (non-hydrogen) atoms. The van der Waals surface area contributed by atoms with Crippen LogP contribution in [0.25, 0.3) is 16.6 Å². The topological polar surface area (TPSA) is 42.7 Å². The Bertz CT molecular complexity index is 975. The van der Waals surface area contributed by atoms with Crippen molar-refractivity contribution in [2.24, 2.45) is 0 Å². The van der Waals surface area contributed by atoms with Crippen molar-refractivity contribution in [2.75, 3.05) is 12.4 Å². The molecule has 2 aromatic heterocycles. The minimum Gasteiger partial charge on any atom is -0.372 e. The zero-order valence-electron chi connectivity index (χ0n) is 13.5. The SMILES string of the molecule is CNc1c2c(C(F)(F)F)nc(CF)cc2nn1-c1c(Cl)cc(C)cc1Cl. The predicted molar refractivity (Wildman–Crippen MR) is 93.0 cm³/mol. The number of aryl methyl sites for hydroxylation is 1. The molecule has 0 atom stereocenters. The fourth-order valence-electron chi connectivity index (χ4n) is 2.72. The number of fused-ring (bicyclic) bond motifs is 1. The molecular weight excluding hydrogens is 395 g/mol. The Balaban J connectivity index is 2.43. The van der Waals surface area contributed by atoms with Gasteiger partial charge in [0.05, 0.1) is 26.6 Å². The second-order valence-electron chi connectivity index (χ2n) is 5.58. The van der Waals surface area contributed by atoms with Crippen molar-refractivity contribution in [3.8, 4) is 5.69 Å². The van der Waals surface area contributed by atoms with Gasteiger partial charge in [0, 0.05) is 7.05 Å². The molecule has 1 N–H and O–H groups in total. The predicted octanol–water partition coefficient (Wildman–Crippen LogP) is 5.57. The third kappa shape index (κ3) is 3.07. The number of benzene rings is 1. The van der Waals surface area contributed by atoms with Crippen LogP contribution in [-0.2, 0) is 12.9 Å². The van der Waals surface area contributed by atoms with Gasteiger partial charge in [-0.25, -0.2) is 14.1 Å². The summed E-state index contributed by atoms with van der Waals surface area (Å²) in [6, 6.07) is 4.40. The first-order chi connectivity index (χ1) is 12.2. The van der Waals surface area contributed by atoms with Crippen LogP contribution >= 0.6 is 23.2 Å². The Morgan fingerprint density at radius 2 is 1.77 bits per heavy atom. The van der Waals surface area contributed by atoms with Gasteiger partial charge in [-0.15, -0.1) is 0 Å². The molecular formula is C16H12Cl2F4N4. The third-order valence-corrected chi connectivity index (χ3v) is 4.30. The first kappa shape index (κ1) is 18.7. The molecule has 138 valence electrons. The molecule has 0 aliphatic heterocycles. The monoisotopic (exact) mass is 406 g/mol. The van der Waals surface area contributed by atoms with E-state index in [1.807, 2.05) is 0 Å². The Hall–Kier alpha value is -2.06. The number of anilines is 1. The maximum atomic E-state index is 13.5. The van der Waals surface area contributed by atoms with Gasteiger partial charge in [-0.2, -0.15) is 18.3 Å². The molecule has 0 radical (unpaired) electrons. The van der Waals surface area contributed by atoms with Crippen LogP contribution in [0, 0.1) is 6.92 Å². The Kier molecular flexibility index (Phi) is 4.74. The number of aromatic nitrogens is 3. The zero-order chi connectivity index (χ0) is 19.2. The van der Waals surface area contributed by atoms with Gasteiger partial charge in [-0.05, 0) is 30.7 Å². The fourth-order valence-corrected chi connectivity index (χ4v) is 3.48. The second-order valence-corrected chi connectivity index (χ2v) is 6.39. The Morgan fingerprint density at radius 3 is 2.27 bits per heavy atom. The lowest BCUT2D eigenvalue weighted by Crippen LogP contribution is -2.11. The molecule has 3 rings (SSSR count). The Morgan fingerprint density at radius 1 is 1.15 bits per heavy atom. The van der Waals surface area contributed by atoms with Gasteiger partial charge < -0.3 is 5.32 Å². The number of alkyl halides is 4. The van der Waals surface area contributed by atoms with E-state index in [9.17, 15) is 17.6 Å². The van der Waals surface area contributed by atoms with Crippen LogP contribution in [0.15, 0.2) is 18.2 Å². The van der Waals surface area contributed by atoms with E-state index in [0.717, 1.165) is 11.6 Å². The third-order valence-electron chi connectivity index (χ3n) is 3.72. The molecule has 0 fully saturated rings. The molecule has 2 heterocycles. The van der Waals surface area contributed by atoms with Gasteiger partial charge >= 0.3 is 6.18 Å². The van der Waals surface area contributed by atoms with E-state index in [2.05, 4.69) is 15.4 Å². The maximum absolute atomic E-state index is 13.5. The summed E-state index contributed by atoms with van der Waals surface area (Å²) in [5, 5.41) is 6.99. The lowest BCUT2D eigenvalue weighted by molar-refractivity contribution is -0.139. The van der Waals surface area contributed by atoms with E-state index in [0.29, 0.717) is 0 Å². The number of halogens is 6. The number of hydrogen-bond donors (Lipinski definition) is 1. The molecule has 3 aromatic rings. The van der Waals surface area contributed by atoms with Crippen molar-refractivity contribution < 1.29 is 17.6 Å². The standard InChI is InChI=1S/C16H12Cl2F4N4/c1-7-3-9(17)13(10(18)4-7)26-15(23-2)12-11(25-26)5-8(6-19)24-14(12)16(20,21)22/h3-5,23H,6H2,1-2H3. The molecule has 0 unspecified atom stereocenters. The summed E-state index contributed by atoms with van der Waals surface area (Å²) in [5.74, 6) is -0.00196. The summed E-state index contributed by atoms with van der Waals surface area (Å²) in [7, 11) is 1.44. The van der Waals surface area contributed by atoms with Gasteiger partial charge in [0.15, 0.2) is 5.69 Å². The lowest BCUT2D eigenvalue weighted by Gasteiger charge is -2.13. The highest BCUT2D eigenvalue weighted by atomic mass is 35.5. The van der Waals surface area contributed by atoms with Crippen LogP contribution in [0.4, 0.5) is 23.4 Å². The largest absolute Gasteiger partial charge is 0.434 e. The van der Waals surface area contributed by atoms with Gasteiger partial charge in [-0.3, -0.25) is 0 Å². The van der Waals surface area contributed by atoms with Crippen LogP contribution in [0.3, 0.4) is 0 Å². The smallest absolute Gasteiger partial charge is 0.372 e. The van der Waals surface area contributed by atoms with E-state index < -0.39 is 18.5 Å². The summed E-state index contributed by atoms with van der Waals surface area (Å²) in [6.45, 7) is 0.631. The van der Waals surface area contributed by atoms with Crippen molar-refractivity contribution in [3.05, 3.63) is 45.2 Å². The average Bonchev–Trinajstić information content (AvgIpc) is 2.89. The van der Waals surface area contributed by atoms with E-state index >= 15 is 0 Å². The molecule has 0 aliphatic rings. The summed E-state index contributed by atoms with van der Waals surface area (Å²) >= 11 is 12.5. The number of rotatable bonds is 3. The van der Waals surface area contributed by atoms with E-state index in [1.54, 1.807) is 19.1 Å². The maximum Gasteiger partial charge on any atom is 0.434 e. The number of pyridine rings is 1. The van der Waals surface area contributed by atoms with Crippen LogP contribution in [0.5, 0.6) is 0 Å². The van der Waals surface area contributed by atoms with Crippen molar-refractivity contribution in [1.29, 1.82) is 0 Å². The molecule has 0 spiro atoms. The molecule has 1 aromatic carbocycles. The highest BCUT2D eigenvalue weighted by molar-refractivity contribution is 6.38. The summed E-state index contributed by atoms with van der Waals surface area (Å²) < 4.78 is 54.6. The first-order valence-electron chi connectivity index (χ1n) is 7.37. The minimum absolute atomic E-state index is 0.00196. The molecule has 0 saturated carbocycles. The molecule has 4 nitrogen and oxygen atoms in total. The van der Waals surface area contributed by atoms with Crippen molar-refractivity contribution >= 4 is 39.9 Å². The van der Waals surface area contributed by atoms with Gasteiger partial charge in [-0.1, -0.05) is 23.2 Å². The van der Waals surface area contributed by atoms with Gasteiger partial charge in [0.1, 0.15) is 18.2 Å². The number of nitrogens with zero attached hydrogens (tertiary/aromatic N) is 3. The number of nitrogens with one attached hydrogen (secondary N) is 1. The van der Waals surface area contributed by atoms with Crippen LogP contribution in [0.2, 0.25) is 10.0 Å². The van der Waals surface area contributed by atoms with Crippen molar-refractivity contribution in [3.63, 3.8) is 0 Å². The molecule has 0 saturated heterocycles. The summed E-state index contributed by atoms with van der Waals surface area (Å²) in [6.07, 6.45) is -4.79. The summed E-state index contributed by atoms with van der Waals surface area (Å²) in [4.78, 5) is 3.41. The van der Waals surface area contributed by atoms with Crippen LogP contribution < -0.4 is 5.32 Å². The molecule has 0 amide bonds. The lowest BCUT2D eigenvalue weighted by atomic mass is 10.2.